The van der Waals surface area contributed by atoms with Crippen molar-refractivity contribution in [2.45, 2.75) is 0 Å². The van der Waals surface area contributed by atoms with Gasteiger partial charge in [-0.3, -0.25) is 9.78 Å². The van der Waals surface area contributed by atoms with E-state index in [1.165, 1.54) is 0 Å². The zero-order valence-corrected chi connectivity index (χ0v) is 21.2. The number of anilines is 3. The molecule has 0 unspecified atom stereocenters. The van der Waals surface area contributed by atoms with Gasteiger partial charge in [0.05, 0.1) is 5.69 Å². The number of benzene rings is 3. The third-order valence-corrected chi connectivity index (χ3v) is 6.51. The molecule has 3 aromatic carbocycles. The van der Waals surface area contributed by atoms with Crippen molar-refractivity contribution < 1.29 is 14.3 Å². The van der Waals surface area contributed by atoms with Gasteiger partial charge in [-0.15, -0.1) is 0 Å². The molecule has 0 saturated carbocycles. The number of aromatic nitrogens is 1. The van der Waals surface area contributed by atoms with E-state index in [9.17, 15) is 9.59 Å². The average molecular weight is 508 g/mol. The van der Waals surface area contributed by atoms with Crippen molar-refractivity contribution in [1.29, 1.82) is 0 Å². The van der Waals surface area contributed by atoms with Crippen LogP contribution in [0.25, 0.3) is 0 Å². The largest absolute Gasteiger partial charge is 0.455 e. The summed E-state index contributed by atoms with van der Waals surface area (Å²) in [5.74, 6) is 1.22. The summed E-state index contributed by atoms with van der Waals surface area (Å²) in [4.78, 5) is 35.7. The molecule has 0 radical (unpaired) electrons. The highest BCUT2D eigenvalue weighted by Gasteiger charge is 2.25. The molecule has 1 aliphatic rings. The number of pyridine rings is 1. The Morgan fingerprint density at radius 3 is 2.08 bits per heavy atom. The van der Waals surface area contributed by atoms with E-state index in [1.807, 2.05) is 103 Å². The summed E-state index contributed by atoms with van der Waals surface area (Å²) in [6.07, 6.45) is 3.50. The van der Waals surface area contributed by atoms with Crippen molar-refractivity contribution in [3.63, 3.8) is 0 Å². The minimum atomic E-state index is -0.218. The number of ether oxygens (including phenoxy) is 1. The van der Waals surface area contributed by atoms with Crippen LogP contribution in [-0.2, 0) is 0 Å². The maximum Gasteiger partial charge on any atom is 0.322 e. The van der Waals surface area contributed by atoms with Gasteiger partial charge in [-0.25, -0.2) is 4.79 Å². The Morgan fingerprint density at radius 1 is 0.763 bits per heavy atom. The van der Waals surface area contributed by atoms with Crippen molar-refractivity contribution in [3.05, 3.63) is 109 Å². The molecule has 1 aromatic heterocycles. The molecule has 0 atom stereocenters. The smallest absolute Gasteiger partial charge is 0.322 e. The van der Waals surface area contributed by atoms with Crippen molar-refractivity contribution in [2.75, 3.05) is 43.4 Å². The summed E-state index contributed by atoms with van der Waals surface area (Å²) in [6, 6.07) is 28.0. The molecule has 2 heterocycles. The Labute approximate surface area is 222 Å². The Balaban J connectivity index is 1.16. The normalized spacial score (nSPS) is 13.1. The number of rotatable bonds is 6. The van der Waals surface area contributed by atoms with Crippen LogP contribution in [0.3, 0.4) is 0 Å². The van der Waals surface area contributed by atoms with Crippen LogP contribution in [0.5, 0.6) is 11.5 Å². The van der Waals surface area contributed by atoms with Crippen molar-refractivity contribution in [3.8, 4) is 11.5 Å². The first kappa shape index (κ1) is 24.8. The maximum atomic E-state index is 13.1. The third kappa shape index (κ3) is 5.75. The molecule has 4 aromatic rings. The van der Waals surface area contributed by atoms with Crippen molar-refractivity contribution in [1.82, 2.24) is 14.8 Å². The average Bonchev–Trinajstić information content (AvgIpc) is 2.98. The van der Waals surface area contributed by atoms with Gasteiger partial charge in [0.1, 0.15) is 5.75 Å². The molecule has 192 valence electrons. The van der Waals surface area contributed by atoms with Gasteiger partial charge in [0.15, 0.2) is 5.75 Å². The number of nitrogens with zero attached hydrogens (tertiary/aromatic N) is 4. The number of hydrogen-bond donors (Lipinski definition) is 1. The van der Waals surface area contributed by atoms with Gasteiger partial charge in [-0.2, -0.15) is 0 Å². The fourth-order valence-electron chi connectivity index (χ4n) is 4.31. The van der Waals surface area contributed by atoms with Crippen LogP contribution in [0, 0.1) is 0 Å². The van der Waals surface area contributed by atoms with Gasteiger partial charge in [0.25, 0.3) is 5.91 Å². The van der Waals surface area contributed by atoms with Crippen LogP contribution in [0.2, 0.25) is 0 Å². The third-order valence-electron chi connectivity index (χ3n) is 6.51. The molecule has 1 saturated heterocycles. The lowest BCUT2D eigenvalue weighted by Gasteiger charge is -2.35. The van der Waals surface area contributed by atoms with Gasteiger partial charge in [0.2, 0.25) is 0 Å². The SMILES string of the molecule is CN(c1ccncc1)c1ccc(C(=O)N2CCN(C(=O)Nc3ccccc3Oc3ccccc3)CC2)cc1. The molecular weight excluding hydrogens is 478 g/mol. The number of carbonyl (C=O) groups excluding carboxylic acids is 2. The first-order valence-corrected chi connectivity index (χ1v) is 12.5. The quantitative estimate of drug-likeness (QED) is 0.366. The highest BCUT2D eigenvalue weighted by atomic mass is 16.5. The second-order valence-corrected chi connectivity index (χ2v) is 8.93. The summed E-state index contributed by atoms with van der Waals surface area (Å²) in [7, 11) is 1.97. The fourth-order valence-corrected chi connectivity index (χ4v) is 4.31. The number of para-hydroxylation sites is 3. The van der Waals surface area contributed by atoms with Crippen molar-refractivity contribution in [2.24, 2.45) is 0 Å². The second kappa shape index (κ2) is 11.5. The Morgan fingerprint density at radius 2 is 1.37 bits per heavy atom. The molecule has 1 aliphatic heterocycles. The van der Waals surface area contributed by atoms with E-state index in [0.717, 1.165) is 11.4 Å². The van der Waals surface area contributed by atoms with E-state index in [-0.39, 0.29) is 11.9 Å². The van der Waals surface area contributed by atoms with E-state index in [4.69, 9.17) is 4.74 Å². The predicted molar refractivity (Wildman–Crippen MR) is 148 cm³/mol. The zero-order chi connectivity index (χ0) is 26.3. The summed E-state index contributed by atoms with van der Waals surface area (Å²) in [6.45, 7) is 1.82. The Kier molecular flexibility index (Phi) is 7.49. The van der Waals surface area contributed by atoms with Crippen LogP contribution in [0.1, 0.15) is 10.4 Å². The van der Waals surface area contributed by atoms with Gasteiger partial charge in [0, 0.05) is 62.6 Å². The number of urea groups is 1. The zero-order valence-electron chi connectivity index (χ0n) is 21.2. The molecule has 5 rings (SSSR count). The van der Waals surface area contributed by atoms with Gasteiger partial charge >= 0.3 is 6.03 Å². The van der Waals surface area contributed by atoms with Gasteiger partial charge < -0.3 is 24.8 Å². The summed E-state index contributed by atoms with van der Waals surface area (Å²) in [5.41, 5.74) is 3.21. The second-order valence-electron chi connectivity index (χ2n) is 8.93. The molecule has 3 amide bonds. The molecule has 0 aliphatic carbocycles. The van der Waals surface area contributed by atoms with Gasteiger partial charge in [-0.1, -0.05) is 30.3 Å². The van der Waals surface area contributed by atoms with Crippen molar-refractivity contribution >= 4 is 29.0 Å². The van der Waals surface area contributed by atoms with E-state index in [0.29, 0.717) is 48.9 Å². The van der Waals surface area contributed by atoms with Crippen LogP contribution < -0.4 is 15.0 Å². The number of carbonyl (C=O) groups is 2. The minimum Gasteiger partial charge on any atom is -0.455 e. The first-order chi connectivity index (χ1) is 18.6. The number of piperazine rings is 1. The summed E-state index contributed by atoms with van der Waals surface area (Å²) >= 11 is 0. The van der Waals surface area contributed by atoms with Crippen LogP contribution in [-0.4, -0.2) is 59.9 Å². The topological polar surface area (TPSA) is 78.0 Å². The summed E-state index contributed by atoms with van der Waals surface area (Å²) in [5, 5.41) is 2.96. The number of amides is 3. The van der Waals surface area contributed by atoms with E-state index in [1.54, 1.807) is 22.2 Å². The monoisotopic (exact) mass is 507 g/mol. The molecule has 8 heteroatoms. The molecule has 1 fully saturated rings. The van der Waals surface area contributed by atoms with E-state index < -0.39 is 0 Å². The molecule has 0 bridgehead atoms. The molecule has 38 heavy (non-hydrogen) atoms. The highest BCUT2D eigenvalue weighted by Crippen LogP contribution is 2.29. The molecule has 0 spiro atoms. The van der Waals surface area contributed by atoms with Crippen LogP contribution in [0.15, 0.2) is 103 Å². The van der Waals surface area contributed by atoms with E-state index in [2.05, 4.69) is 10.3 Å². The molecule has 1 N–H and O–H groups in total. The maximum absolute atomic E-state index is 13.1. The Hall–Kier alpha value is -4.85. The lowest BCUT2D eigenvalue weighted by molar-refractivity contribution is 0.0671. The number of hydrogen-bond acceptors (Lipinski definition) is 5. The van der Waals surface area contributed by atoms with Crippen LogP contribution >= 0.6 is 0 Å². The lowest BCUT2D eigenvalue weighted by atomic mass is 10.1. The Bertz CT molecular complexity index is 1370. The first-order valence-electron chi connectivity index (χ1n) is 12.5. The predicted octanol–water partition coefficient (Wildman–Crippen LogP) is 5.63. The number of nitrogens with one attached hydrogen (secondary N) is 1. The minimum absolute atomic E-state index is 0.0372. The molecule has 8 nitrogen and oxygen atoms in total. The summed E-state index contributed by atoms with van der Waals surface area (Å²) < 4.78 is 5.95. The lowest BCUT2D eigenvalue weighted by Crippen LogP contribution is -2.51. The highest BCUT2D eigenvalue weighted by molar-refractivity contribution is 5.95. The molecular formula is C30H29N5O3. The van der Waals surface area contributed by atoms with E-state index >= 15 is 0 Å². The van der Waals surface area contributed by atoms with Gasteiger partial charge in [-0.05, 0) is 60.7 Å². The standard InChI is InChI=1S/C30H29N5O3/c1-33(25-15-17-31-18-16-25)24-13-11-23(12-14-24)29(36)34-19-21-35(22-20-34)30(37)32-27-9-5-6-10-28(27)38-26-7-3-2-4-8-26/h2-18H,19-22H2,1H3,(H,32,37). The fraction of sp³-hybridized carbons (Fsp3) is 0.167. The van der Waals surface area contributed by atoms with Crippen LogP contribution in [0.4, 0.5) is 21.9 Å².